The van der Waals surface area contributed by atoms with Gasteiger partial charge in [-0.15, -0.1) is 0 Å². The summed E-state index contributed by atoms with van der Waals surface area (Å²) < 4.78 is 0. The second kappa shape index (κ2) is 37.9. The van der Waals surface area contributed by atoms with Crippen LogP contribution in [0.4, 0.5) is 0 Å². The van der Waals surface area contributed by atoms with Crippen LogP contribution in [0.1, 0.15) is 233 Å². The molecule has 0 N–H and O–H groups in total. The van der Waals surface area contributed by atoms with E-state index in [1.807, 2.05) is 0 Å². The second-order valence-corrected chi connectivity index (χ2v) is 15.1. The molecule has 0 amide bonds. The van der Waals surface area contributed by atoms with Crippen molar-refractivity contribution in [2.75, 3.05) is 14.1 Å². The lowest BCUT2D eigenvalue weighted by Gasteiger charge is -2.22. The Balaban J connectivity index is 3.84. The van der Waals surface area contributed by atoms with Gasteiger partial charge < -0.3 is 4.90 Å². The first-order chi connectivity index (χ1) is 22.1. The molecule has 0 aliphatic heterocycles. The predicted molar refractivity (Wildman–Crippen MR) is 209 cm³/mol. The molecule has 0 spiro atoms. The van der Waals surface area contributed by atoms with Crippen molar-refractivity contribution in [3.63, 3.8) is 0 Å². The molecule has 45 heavy (non-hydrogen) atoms. The third kappa shape index (κ3) is 36.1. The van der Waals surface area contributed by atoms with Gasteiger partial charge in [-0.25, -0.2) is 0 Å². The van der Waals surface area contributed by atoms with Crippen molar-refractivity contribution in [3.05, 3.63) is 24.3 Å². The monoisotopic (exact) mass is 630 g/mol. The molecule has 0 bridgehead atoms. The summed E-state index contributed by atoms with van der Waals surface area (Å²) in [4.78, 5) is 2.40. The van der Waals surface area contributed by atoms with Gasteiger partial charge in [0.05, 0.1) is 0 Å². The van der Waals surface area contributed by atoms with Crippen molar-refractivity contribution in [1.82, 2.24) is 4.90 Å². The summed E-state index contributed by atoms with van der Waals surface area (Å²) in [5, 5.41) is 0. The Labute approximate surface area is 287 Å². The maximum absolute atomic E-state index is 2.41. The minimum atomic E-state index is 0.725. The number of hydrogen-bond donors (Lipinski definition) is 0. The molecule has 0 aromatic heterocycles. The van der Waals surface area contributed by atoms with E-state index in [1.165, 1.54) is 205 Å². The molecule has 0 aliphatic rings. The highest BCUT2D eigenvalue weighted by atomic mass is 15.1. The van der Waals surface area contributed by atoms with Crippen LogP contribution in [-0.2, 0) is 0 Å². The van der Waals surface area contributed by atoms with Crippen LogP contribution in [0.5, 0.6) is 0 Å². The fraction of sp³-hybridized carbons (Fsp3) is 0.909. The van der Waals surface area contributed by atoms with Gasteiger partial charge in [0.15, 0.2) is 0 Å². The number of hydrogen-bond acceptors (Lipinski definition) is 1. The van der Waals surface area contributed by atoms with E-state index in [0.29, 0.717) is 0 Å². The molecule has 0 fully saturated rings. The quantitative estimate of drug-likeness (QED) is 0.0488. The fourth-order valence-electron chi connectivity index (χ4n) is 6.80. The maximum Gasteiger partial charge on any atom is 0.00608 e. The Kier molecular flexibility index (Phi) is 37.4. The van der Waals surface area contributed by atoms with Crippen molar-refractivity contribution in [1.29, 1.82) is 0 Å². The highest BCUT2D eigenvalue weighted by Gasteiger charge is 2.11. The molecule has 0 saturated heterocycles. The van der Waals surface area contributed by atoms with Gasteiger partial charge in [-0.1, -0.05) is 212 Å². The molecule has 0 saturated carbocycles. The first-order valence-electron chi connectivity index (χ1n) is 21.1. The SMILES string of the molecule is CCCCC/C=C\C/C=C\CCCCCCCCC(CCCCCCCCCCCCCCCCCC)CCCC(C)N(C)C. The van der Waals surface area contributed by atoms with Gasteiger partial charge in [0.2, 0.25) is 0 Å². The summed E-state index contributed by atoms with van der Waals surface area (Å²) in [5.41, 5.74) is 0. The minimum Gasteiger partial charge on any atom is -0.307 e. The molecule has 0 heterocycles. The van der Waals surface area contributed by atoms with E-state index in [0.717, 1.165) is 18.4 Å². The lowest BCUT2D eigenvalue weighted by molar-refractivity contribution is 0.279. The summed E-state index contributed by atoms with van der Waals surface area (Å²) in [6.45, 7) is 6.99. The van der Waals surface area contributed by atoms with Crippen LogP contribution < -0.4 is 0 Å². The first-order valence-corrected chi connectivity index (χ1v) is 21.1. The molecule has 1 heteroatoms. The number of rotatable bonds is 37. The molecule has 0 aliphatic carbocycles. The average molecular weight is 630 g/mol. The molecule has 268 valence electrons. The molecular weight excluding hydrogens is 542 g/mol. The van der Waals surface area contributed by atoms with Crippen LogP contribution >= 0.6 is 0 Å². The molecular formula is C44H87N. The van der Waals surface area contributed by atoms with E-state index in [2.05, 4.69) is 64.1 Å². The van der Waals surface area contributed by atoms with E-state index in [-0.39, 0.29) is 0 Å². The summed E-state index contributed by atoms with van der Waals surface area (Å²) in [5.74, 6) is 0.983. The van der Waals surface area contributed by atoms with Crippen LogP contribution in [0.3, 0.4) is 0 Å². The average Bonchev–Trinajstić information content (AvgIpc) is 3.03. The Morgan fingerprint density at radius 2 is 0.711 bits per heavy atom. The highest BCUT2D eigenvalue weighted by Crippen LogP contribution is 2.25. The van der Waals surface area contributed by atoms with Gasteiger partial charge in [0, 0.05) is 6.04 Å². The van der Waals surface area contributed by atoms with Gasteiger partial charge >= 0.3 is 0 Å². The summed E-state index contributed by atoms with van der Waals surface area (Å²) in [6.07, 6.45) is 56.6. The molecule has 0 aromatic rings. The second-order valence-electron chi connectivity index (χ2n) is 15.1. The maximum atomic E-state index is 2.41. The van der Waals surface area contributed by atoms with E-state index in [9.17, 15) is 0 Å². The van der Waals surface area contributed by atoms with E-state index >= 15 is 0 Å². The van der Waals surface area contributed by atoms with Crippen LogP contribution in [-0.4, -0.2) is 25.0 Å². The third-order valence-corrected chi connectivity index (χ3v) is 10.4. The zero-order valence-corrected chi connectivity index (χ0v) is 32.2. The molecule has 0 aromatic carbocycles. The Morgan fingerprint density at radius 3 is 1.13 bits per heavy atom. The highest BCUT2D eigenvalue weighted by molar-refractivity contribution is 4.92. The lowest BCUT2D eigenvalue weighted by atomic mass is 9.89. The Bertz CT molecular complexity index is 590. The van der Waals surface area contributed by atoms with Crippen LogP contribution in [0.25, 0.3) is 0 Å². The first kappa shape index (κ1) is 44.4. The van der Waals surface area contributed by atoms with Gasteiger partial charge in [0.25, 0.3) is 0 Å². The van der Waals surface area contributed by atoms with Crippen LogP contribution in [0.15, 0.2) is 24.3 Å². The van der Waals surface area contributed by atoms with Gasteiger partial charge in [0.1, 0.15) is 0 Å². The van der Waals surface area contributed by atoms with E-state index in [4.69, 9.17) is 0 Å². The zero-order chi connectivity index (χ0) is 32.9. The van der Waals surface area contributed by atoms with Gasteiger partial charge in [-0.05, 0) is 65.5 Å². The van der Waals surface area contributed by atoms with Gasteiger partial charge in [-0.2, -0.15) is 0 Å². The van der Waals surface area contributed by atoms with Crippen molar-refractivity contribution >= 4 is 0 Å². The minimum absolute atomic E-state index is 0.725. The van der Waals surface area contributed by atoms with Crippen molar-refractivity contribution < 1.29 is 0 Å². The standard InChI is InChI=1S/C44H87N/c1-6-8-10-12-14-16-18-20-22-24-26-28-30-32-34-36-40-44(42-38-39-43(3)45(4)5)41-37-35-33-31-29-27-25-23-21-19-17-15-13-11-9-7-2/h14,16,20,22,43-44H,6-13,15,17-19,21,23-42H2,1-5H3/b16-14-,22-20-. The molecule has 1 nitrogen and oxygen atoms in total. The normalized spacial score (nSPS) is 13.6. The van der Waals surface area contributed by atoms with Crippen LogP contribution in [0.2, 0.25) is 0 Å². The summed E-state index contributed by atoms with van der Waals surface area (Å²) in [7, 11) is 4.48. The van der Waals surface area contributed by atoms with Crippen molar-refractivity contribution in [2.45, 2.75) is 239 Å². The van der Waals surface area contributed by atoms with Crippen molar-refractivity contribution in [3.8, 4) is 0 Å². The largest absolute Gasteiger partial charge is 0.307 e. The molecule has 2 atom stereocenters. The zero-order valence-electron chi connectivity index (χ0n) is 32.2. The summed E-state index contributed by atoms with van der Waals surface area (Å²) >= 11 is 0. The van der Waals surface area contributed by atoms with E-state index in [1.54, 1.807) is 0 Å². The lowest BCUT2D eigenvalue weighted by Crippen LogP contribution is -2.24. The number of nitrogens with zero attached hydrogens (tertiary/aromatic N) is 1. The predicted octanol–water partition coefficient (Wildman–Crippen LogP) is 15.6. The van der Waals surface area contributed by atoms with Gasteiger partial charge in [-0.3, -0.25) is 0 Å². The fourth-order valence-corrected chi connectivity index (χ4v) is 6.80. The molecule has 2 unspecified atom stereocenters. The van der Waals surface area contributed by atoms with Crippen LogP contribution in [0, 0.1) is 5.92 Å². The molecule has 0 rings (SSSR count). The van der Waals surface area contributed by atoms with E-state index < -0.39 is 0 Å². The number of allylic oxidation sites excluding steroid dienone is 4. The molecule has 0 radical (unpaired) electrons. The number of unbranched alkanes of at least 4 members (excludes halogenated alkanes) is 24. The smallest absolute Gasteiger partial charge is 0.00608 e. The summed E-state index contributed by atoms with van der Waals surface area (Å²) in [6, 6.07) is 0.725. The third-order valence-electron chi connectivity index (χ3n) is 10.4. The van der Waals surface area contributed by atoms with Crippen molar-refractivity contribution in [2.24, 2.45) is 5.92 Å². The topological polar surface area (TPSA) is 3.24 Å². The Morgan fingerprint density at radius 1 is 0.378 bits per heavy atom. The Hall–Kier alpha value is -0.560.